The SMILES string of the molecule is CC(C)OCCCNc1cc(OCCN(C)C)nc(OCCCN=C(N)N)n1. The summed E-state index contributed by atoms with van der Waals surface area (Å²) in [7, 11) is 3.97. The summed E-state index contributed by atoms with van der Waals surface area (Å²) >= 11 is 0. The number of hydrogen-bond acceptors (Lipinski definition) is 8. The number of nitrogens with zero attached hydrogens (tertiary/aromatic N) is 4. The molecule has 0 radical (unpaired) electrons. The molecule has 0 amide bonds. The normalized spacial score (nSPS) is 10.9. The van der Waals surface area contributed by atoms with Gasteiger partial charge < -0.3 is 35.9 Å². The van der Waals surface area contributed by atoms with Gasteiger partial charge >= 0.3 is 6.01 Å². The van der Waals surface area contributed by atoms with Crippen LogP contribution in [0.5, 0.6) is 11.9 Å². The van der Waals surface area contributed by atoms with Gasteiger partial charge in [0.05, 0.1) is 12.7 Å². The van der Waals surface area contributed by atoms with E-state index in [2.05, 4.69) is 20.3 Å². The Morgan fingerprint density at radius 3 is 2.61 bits per heavy atom. The zero-order chi connectivity index (χ0) is 20.8. The van der Waals surface area contributed by atoms with Gasteiger partial charge in [0.1, 0.15) is 12.4 Å². The van der Waals surface area contributed by atoms with Crippen molar-refractivity contribution >= 4 is 11.8 Å². The molecule has 1 rings (SSSR count). The van der Waals surface area contributed by atoms with Crippen LogP contribution in [0.3, 0.4) is 0 Å². The summed E-state index contributed by atoms with van der Waals surface area (Å²) in [5.74, 6) is 1.19. The van der Waals surface area contributed by atoms with Crippen LogP contribution < -0.4 is 26.3 Å². The molecule has 0 aromatic carbocycles. The molecule has 0 fully saturated rings. The van der Waals surface area contributed by atoms with Gasteiger partial charge in [-0.2, -0.15) is 9.97 Å². The van der Waals surface area contributed by atoms with Crippen LogP contribution >= 0.6 is 0 Å². The van der Waals surface area contributed by atoms with E-state index in [-0.39, 0.29) is 18.1 Å². The number of aromatic nitrogens is 2. The molecule has 1 heterocycles. The molecule has 0 aliphatic carbocycles. The smallest absolute Gasteiger partial charge is 0.321 e. The van der Waals surface area contributed by atoms with Gasteiger partial charge in [-0.15, -0.1) is 0 Å². The lowest BCUT2D eigenvalue weighted by Crippen LogP contribution is -2.23. The third kappa shape index (κ3) is 12.1. The van der Waals surface area contributed by atoms with Crippen molar-refractivity contribution in [2.24, 2.45) is 16.5 Å². The predicted molar refractivity (Wildman–Crippen MR) is 111 cm³/mol. The summed E-state index contributed by atoms with van der Waals surface area (Å²) in [5.41, 5.74) is 10.6. The Morgan fingerprint density at radius 1 is 1.14 bits per heavy atom. The number of guanidine groups is 1. The fraction of sp³-hybridized carbons (Fsp3) is 0.722. The van der Waals surface area contributed by atoms with Crippen LogP contribution in [0.2, 0.25) is 0 Å². The third-order valence-corrected chi connectivity index (χ3v) is 3.38. The number of aliphatic imine (C=N–C) groups is 1. The molecular weight excluding hydrogens is 362 g/mol. The van der Waals surface area contributed by atoms with Gasteiger partial charge in [0.15, 0.2) is 5.96 Å². The largest absolute Gasteiger partial charge is 0.476 e. The summed E-state index contributed by atoms with van der Waals surface area (Å²) in [6.45, 7) is 7.66. The van der Waals surface area contributed by atoms with E-state index in [0.717, 1.165) is 19.5 Å². The van der Waals surface area contributed by atoms with Crippen molar-refractivity contribution in [3.8, 4) is 11.9 Å². The Labute approximate surface area is 167 Å². The number of nitrogens with one attached hydrogen (secondary N) is 1. The van der Waals surface area contributed by atoms with Gasteiger partial charge in [0.25, 0.3) is 0 Å². The van der Waals surface area contributed by atoms with Crippen molar-refractivity contribution < 1.29 is 14.2 Å². The highest BCUT2D eigenvalue weighted by molar-refractivity contribution is 5.75. The second kappa shape index (κ2) is 13.8. The maximum absolute atomic E-state index is 5.72. The van der Waals surface area contributed by atoms with E-state index in [4.69, 9.17) is 25.7 Å². The van der Waals surface area contributed by atoms with E-state index in [0.29, 0.717) is 44.5 Å². The first-order chi connectivity index (χ1) is 13.4. The van der Waals surface area contributed by atoms with Crippen molar-refractivity contribution in [1.29, 1.82) is 0 Å². The molecule has 0 bridgehead atoms. The average Bonchev–Trinajstić information content (AvgIpc) is 2.60. The van der Waals surface area contributed by atoms with E-state index in [1.54, 1.807) is 6.07 Å². The van der Waals surface area contributed by atoms with E-state index in [1.807, 2.05) is 32.8 Å². The van der Waals surface area contributed by atoms with Crippen LogP contribution in [0.1, 0.15) is 26.7 Å². The van der Waals surface area contributed by atoms with Crippen LogP contribution in [0, 0.1) is 0 Å². The number of likely N-dealkylation sites (N-methyl/N-ethyl adjacent to an activating group) is 1. The van der Waals surface area contributed by atoms with E-state index >= 15 is 0 Å². The first-order valence-electron chi connectivity index (χ1n) is 9.57. The van der Waals surface area contributed by atoms with Gasteiger partial charge in [-0.05, 0) is 34.4 Å². The number of rotatable bonds is 15. The van der Waals surface area contributed by atoms with Crippen LogP contribution in [-0.2, 0) is 4.74 Å². The van der Waals surface area contributed by atoms with E-state index < -0.39 is 0 Å². The Balaban J connectivity index is 2.59. The Morgan fingerprint density at radius 2 is 1.93 bits per heavy atom. The fourth-order valence-electron chi connectivity index (χ4n) is 2.01. The second-order valence-electron chi connectivity index (χ2n) is 6.73. The molecule has 1 aromatic heterocycles. The van der Waals surface area contributed by atoms with E-state index in [9.17, 15) is 0 Å². The molecule has 28 heavy (non-hydrogen) atoms. The number of anilines is 1. The van der Waals surface area contributed by atoms with E-state index in [1.165, 1.54) is 0 Å². The Bertz CT molecular complexity index is 578. The van der Waals surface area contributed by atoms with Crippen molar-refractivity contribution in [3.05, 3.63) is 6.07 Å². The highest BCUT2D eigenvalue weighted by Gasteiger charge is 2.07. The van der Waals surface area contributed by atoms with Gasteiger partial charge in [-0.3, -0.25) is 4.99 Å². The molecule has 0 atom stereocenters. The minimum Gasteiger partial charge on any atom is -0.476 e. The van der Waals surface area contributed by atoms with Crippen LogP contribution in [0.15, 0.2) is 11.1 Å². The summed E-state index contributed by atoms with van der Waals surface area (Å²) in [6, 6.07) is 2.03. The van der Waals surface area contributed by atoms with Crippen molar-refractivity contribution in [1.82, 2.24) is 14.9 Å². The highest BCUT2D eigenvalue weighted by atomic mass is 16.5. The maximum atomic E-state index is 5.72. The number of hydrogen-bond donors (Lipinski definition) is 3. The van der Waals surface area contributed by atoms with Crippen molar-refractivity contribution in [2.45, 2.75) is 32.8 Å². The molecule has 1 aromatic rings. The molecule has 10 heteroatoms. The zero-order valence-corrected chi connectivity index (χ0v) is 17.5. The van der Waals surface area contributed by atoms with Crippen LogP contribution in [0.25, 0.3) is 0 Å². The van der Waals surface area contributed by atoms with Gasteiger partial charge in [-0.1, -0.05) is 0 Å². The van der Waals surface area contributed by atoms with Crippen molar-refractivity contribution in [2.75, 3.05) is 58.9 Å². The lowest BCUT2D eigenvalue weighted by Gasteiger charge is -2.13. The third-order valence-electron chi connectivity index (χ3n) is 3.38. The molecule has 0 spiro atoms. The van der Waals surface area contributed by atoms with Crippen LogP contribution in [-0.4, -0.2) is 80.5 Å². The summed E-state index contributed by atoms with van der Waals surface area (Å²) < 4.78 is 16.9. The lowest BCUT2D eigenvalue weighted by molar-refractivity contribution is 0.0787. The van der Waals surface area contributed by atoms with Gasteiger partial charge in [0, 0.05) is 38.7 Å². The topological polar surface area (TPSA) is 133 Å². The zero-order valence-electron chi connectivity index (χ0n) is 17.5. The number of ether oxygens (including phenoxy) is 3. The predicted octanol–water partition coefficient (Wildman–Crippen LogP) is 0.686. The Hall–Kier alpha value is -2.33. The van der Waals surface area contributed by atoms with Crippen molar-refractivity contribution in [3.63, 3.8) is 0 Å². The molecule has 0 aliphatic rings. The standard InChI is InChI=1S/C18H35N7O3/c1-14(2)26-10-5-7-21-15-13-16(27-12-9-25(3)4)24-18(23-15)28-11-6-8-22-17(19)20/h13-14H,5-12H2,1-4H3,(H4,19,20,22)(H,21,23,24). The monoisotopic (exact) mass is 397 g/mol. The first kappa shape index (κ1) is 23.7. The van der Waals surface area contributed by atoms with Gasteiger partial charge in [-0.25, -0.2) is 0 Å². The maximum Gasteiger partial charge on any atom is 0.321 e. The number of nitrogens with two attached hydrogens (primary N) is 2. The molecule has 5 N–H and O–H groups in total. The molecule has 160 valence electrons. The summed E-state index contributed by atoms with van der Waals surface area (Å²) in [5, 5.41) is 3.26. The molecule has 0 unspecified atom stereocenters. The molecule has 10 nitrogen and oxygen atoms in total. The summed E-state index contributed by atoms with van der Waals surface area (Å²) in [6.07, 6.45) is 1.76. The molecule has 0 saturated heterocycles. The molecular formula is C18H35N7O3. The average molecular weight is 398 g/mol. The minimum atomic E-state index is 0.0699. The highest BCUT2D eigenvalue weighted by Crippen LogP contribution is 2.18. The summed E-state index contributed by atoms with van der Waals surface area (Å²) in [4.78, 5) is 14.6. The van der Waals surface area contributed by atoms with Gasteiger partial charge in [0.2, 0.25) is 5.88 Å². The lowest BCUT2D eigenvalue weighted by atomic mass is 10.4. The molecule has 0 aliphatic heterocycles. The quantitative estimate of drug-likeness (QED) is 0.222. The Kier molecular flexibility index (Phi) is 11.7. The first-order valence-corrected chi connectivity index (χ1v) is 9.57. The second-order valence-corrected chi connectivity index (χ2v) is 6.73. The minimum absolute atomic E-state index is 0.0699. The van der Waals surface area contributed by atoms with Crippen LogP contribution in [0.4, 0.5) is 5.82 Å². The fourth-order valence-corrected chi connectivity index (χ4v) is 2.01. The molecule has 0 saturated carbocycles.